The maximum absolute atomic E-state index is 12.1. The summed E-state index contributed by atoms with van der Waals surface area (Å²) in [6, 6.07) is 6.61. The quantitative estimate of drug-likeness (QED) is 0.616. The SMILES string of the molecule is CN1CC[C@@](O)(C#Cc2cccc(-c3nc(C(N)=O)c(NC(=O)OC(C)(C)C)o3)c2)C1=O. The van der Waals surface area contributed by atoms with Crippen LogP contribution in [0.15, 0.2) is 28.7 Å². The van der Waals surface area contributed by atoms with Crippen molar-refractivity contribution in [2.24, 2.45) is 5.73 Å². The molecular formula is C22H24N4O6. The van der Waals surface area contributed by atoms with Gasteiger partial charge in [-0.05, 0) is 39.0 Å². The average Bonchev–Trinajstić information content (AvgIpc) is 3.22. The summed E-state index contributed by atoms with van der Waals surface area (Å²) >= 11 is 0. The van der Waals surface area contributed by atoms with Crippen LogP contribution in [-0.4, -0.2) is 57.7 Å². The van der Waals surface area contributed by atoms with Crippen LogP contribution in [0.2, 0.25) is 0 Å². The Balaban J connectivity index is 1.88. The largest absolute Gasteiger partial charge is 0.444 e. The van der Waals surface area contributed by atoms with Gasteiger partial charge in [-0.2, -0.15) is 0 Å². The Morgan fingerprint density at radius 1 is 1.38 bits per heavy atom. The molecule has 3 rings (SSSR count). The van der Waals surface area contributed by atoms with E-state index < -0.39 is 29.1 Å². The Kier molecular flexibility index (Phi) is 5.96. The Hall–Kier alpha value is -3.84. The van der Waals surface area contributed by atoms with Gasteiger partial charge in [-0.15, -0.1) is 0 Å². The molecule has 1 aliphatic rings. The highest BCUT2D eigenvalue weighted by Crippen LogP contribution is 2.27. The Labute approximate surface area is 184 Å². The van der Waals surface area contributed by atoms with Crippen molar-refractivity contribution in [2.45, 2.75) is 38.4 Å². The van der Waals surface area contributed by atoms with Crippen LogP contribution in [-0.2, 0) is 9.53 Å². The minimum absolute atomic E-state index is 0.0175. The zero-order valence-electron chi connectivity index (χ0n) is 18.2. The summed E-state index contributed by atoms with van der Waals surface area (Å²) in [5.74, 6) is 3.86. The highest BCUT2D eigenvalue weighted by atomic mass is 16.6. The van der Waals surface area contributed by atoms with E-state index >= 15 is 0 Å². The number of rotatable bonds is 3. The van der Waals surface area contributed by atoms with Crippen molar-refractivity contribution in [1.29, 1.82) is 0 Å². The zero-order valence-corrected chi connectivity index (χ0v) is 18.2. The van der Waals surface area contributed by atoms with Crippen molar-refractivity contribution in [2.75, 3.05) is 18.9 Å². The number of aliphatic hydroxyl groups is 1. The molecule has 0 spiro atoms. The first kappa shape index (κ1) is 22.8. The lowest BCUT2D eigenvalue weighted by Crippen LogP contribution is -2.37. The number of hydrogen-bond acceptors (Lipinski definition) is 7. The van der Waals surface area contributed by atoms with Gasteiger partial charge in [0.15, 0.2) is 5.69 Å². The molecule has 0 bridgehead atoms. The molecule has 168 valence electrons. The molecule has 0 radical (unpaired) electrons. The molecule has 0 saturated carbocycles. The summed E-state index contributed by atoms with van der Waals surface area (Å²) in [7, 11) is 1.60. The molecule has 0 aliphatic carbocycles. The van der Waals surface area contributed by atoms with Crippen LogP contribution in [0.3, 0.4) is 0 Å². The van der Waals surface area contributed by atoms with Gasteiger partial charge in [0.2, 0.25) is 17.4 Å². The second-order valence-electron chi connectivity index (χ2n) is 8.36. The number of anilines is 1. The van der Waals surface area contributed by atoms with Gasteiger partial charge >= 0.3 is 6.09 Å². The van der Waals surface area contributed by atoms with Gasteiger partial charge in [-0.3, -0.25) is 14.9 Å². The minimum atomic E-state index is -1.72. The third kappa shape index (κ3) is 5.07. The van der Waals surface area contributed by atoms with Crippen LogP contribution in [0.4, 0.5) is 10.7 Å². The molecule has 1 aromatic carbocycles. The van der Waals surface area contributed by atoms with Crippen LogP contribution >= 0.6 is 0 Å². The summed E-state index contributed by atoms with van der Waals surface area (Å²) in [6.45, 7) is 5.48. The molecule has 10 heteroatoms. The molecule has 3 amide bonds. The molecule has 1 atom stereocenters. The van der Waals surface area contributed by atoms with E-state index in [-0.39, 0.29) is 23.9 Å². The Morgan fingerprint density at radius 2 is 2.09 bits per heavy atom. The maximum Gasteiger partial charge on any atom is 0.414 e. The molecular weight excluding hydrogens is 416 g/mol. The van der Waals surface area contributed by atoms with Crippen molar-refractivity contribution in [3.63, 3.8) is 0 Å². The van der Waals surface area contributed by atoms with Gasteiger partial charge in [0.1, 0.15) is 5.60 Å². The van der Waals surface area contributed by atoms with Gasteiger partial charge in [-0.25, -0.2) is 9.78 Å². The second-order valence-corrected chi connectivity index (χ2v) is 8.36. The number of likely N-dealkylation sites (N-methyl/N-ethyl adjacent to an activating group) is 1. The maximum atomic E-state index is 12.1. The number of nitrogens with zero attached hydrogens (tertiary/aromatic N) is 2. The molecule has 32 heavy (non-hydrogen) atoms. The fraction of sp³-hybridized carbons (Fsp3) is 0.364. The number of carbonyl (C=O) groups is 3. The van der Waals surface area contributed by atoms with Crippen molar-refractivity contribution in [3.05, 3.63) is 35.5 Å². The Bertz CT molecular complexity index is 1140. The lowest BCUT2D eigenvalue weighted by atomic mass is 10.0. The molecule has 1 saturated heterocycles. The molecule has 2 heterocycles. The monoisotopic (exact) mass is 440 g/mol. The van der Waals surface area contributed by atoms with Crippen LogP contribution in [0.25, 0.3) is 11.5 Å². The molecule has 1 aromatic heterocycles. The molecule has 4 N–H and O–H groups in total. The van der Waals surface area contributed by atoms with E-state index in [2.05, 4.69) is 22.1 Å². The normalized spacial score (nSPS) is 18.2. The van der Waals surface area contributed by atoms with Crippen molar-refractivity contribution in [1.82, 2.24) is 9.88 Å². The van der Waals surface area contributed by atoms with Gasteiger partial charge in [0.05, 0.1) is 0 Å². The fourth-order valence-electron chi connectivity index (χ4n) is 2.97. The number of nitrogens with two attached hydrogens (primary N) is 1. The average molecular weight is 440 g/mol. The third-order valence-electron chi connectivity index (χ3n) is 4.51. The van der Waals surface area contributed by atoms with E-state index in [0.29, 0.717) is 17.7 Å². The summed E-state index contributed by atoms with van der Waals surface area (Å²) < 4.78 is 10.7. The van der Waals surface area contributed by atoms with E-state index in [0.717, 1.165) is 0 Å². The number of primary amides is 1. The number of ether oxygens (including phenoxy) is 1. The molecule has 2 aromatic rings. The van der Waals surface area contributed by atoms with Gasteiger partial charge < -0.3 is 24.9 Å². The van der Waals surface area contributed by atoms with Crippen LogP contribution < -0.4 is 11.1 Å². The number of amides is 3. The first-order valence-electron chi connectivity index (χ1n) is 9.80. The van der Waals surface area contributed by atoms with Crippen LogP contribution in [0.5, 0.6) is 0 Å². The molecule has 0 unspecified atom stereocenters. The summed E-state index contributed by atoms with van der Waals surface area (Å²) in [4.78, 5) is 41.4. The summed E-state index contributed by atoms with van der Waals surface area (Å²) in [6.07, 6.45) is -0.613. The van der Waals surface area contributed by atoms with Crippen molar-refractivity contribution >= 4 is 23.8 Å². The highest BCUT2D eigenvalue weighted by molar-refractivity contribution is 5.99. The lowest BCUT2D eigenvalue weighted by molar-refractivity contribution is -0.137. The molecule has 1 fully saturated rings. The predicted octanol–water partition coefficient (Wildman–Crippen LogP) is 1.73. The van der Waals surface area contributed by atoms with E-state index in [1.54, 1.807) is 52.1 Å². The smallest absolute Gasteiger partial charge is 0.414 e. The number of benzene rings is 1. The summed E-state index contributed by atoms with van der Waals surface area (Å²) in [5.41, 5.74) is 3.53. The number of hydrogen-bond donors (Lipinski definition) is 3. The zero-order chi connectivity index (χ0) is 23.7. The lowest BCUT2D eigenvalue weighted by Gasteiger charge is -2.19. The fourth-order valence-corrected chi connectivity index (χ4v) is 2.97. The van der Waals surface area contributed by atoms with E-state index in [4.69, 9.17) is 14.9 Å². The second kappa shape index (κ2) is 8.36. The topological polar surface area (TPSA) is 148 Å². The number of likely N-dealkylation sites (tertiary alicyclic amines) is 1. The van der Waals surface area contributed by atoms with Crippen LogP contribution in [0.1, 0.15) is 43.2 Å². The van der Waals surface area contributed by atoms with Gasteiger partial charge in [0.25, 0.3) is 11.8 Å². The van der Waals surface area contributed by atoms with Gasteiger partial charge in [0, 0.05) is 31.1 Å². The molecule has 10 nitrogen and oxygen atoms in total. The number of oxazole rings is 1. The first-order valence-corrected chi connectivity index (χ1v) is 9.80. The number of carbonyl (C=O) groups excluding carboxylic acids is 3. The molecule has 1 aliphatic heterocycles. The number of aromatic nitrogens is 1. The Morgan fingerprint density at radius 3 is 2.69 bits per heavy atom. The predicted molar refractivity (Wildman–Crippen MR) is 114 cm³/mol. The van der Waals surface area contributed by atoms with Gasteiger partial charge in [-0.1, -0.05) is 17.9 Å². The third-order valence-corrected chi connectivity index (χ3v) is 4.51. The van der Waals surface area contributed by atoms with Crippen LogP contribution in [0, 0.1) is 11.8 Å². The van der Waals surface area contributed by atoms with E-state index in [1.165, 1.54) is 4.90 Å². The van der Waals surface area contributed by atoms with E-state index in [9.17, 15) is 19.5 Å². The van der Waals surface area contributed by atoms with Crippen molar-refractivity contribution < 1.29 is 28.6 Å². The minimum Gasteiger partial charge on any atom is -0.444 e. The summed E-state index contributed by atoms with van der Waals surface area (Å²) in [5, 5.41) is 12.8. The van der Waals surface area contributed by atoms with E-state index in [1.807, 2.05) is 0 Å². The highest BCUT2D eigenvalue weighted by Gasteiger charge is 2.42. The first-order chi connectivity index (χ1) is 14.9. The van der Waals surface area contributed by atoms with Crippen molar-refractivity contribution in [3.8, 4) is 23.3 Å². The standard InChI is InChI=1S/C22H24N4O6/c1-21(2,3)32-20(29)25-18-15(16(23)27)24-17(31-18)14-7-5-6-13(12-14)8-9-22(30)10-11-26(4)19(22)28/h5-7,12,30H,10-11H2,1-4H3,(H2,23,27)(H,25,29)/t22-/m0/s1. The number of nitrogens with one attached hydrogen (secondary N) is 1.